The van der Waals surface area contributed by atoms with Gasteiger partial charge >= 0.3 is 0 Å². The van der Waals surface area contributed by atoms with Crippen molar-refractivity contribution in [3.8, 4) is 5.75 Å². The molecule has 0 saturated carbocycles. The third-order valence-corrected chi connectivity index (χ3v) is 2.83. The number of nitrogens with two attached hydrogens (primary N) is 2. The van der Waals surface area contributed by atoms with Crippen molar-refractivity contribution >= 4 is 16.8 Å². The Kier molecular flexibility index (Phi) is 3.53. The Morgan fingerprint density at radius 2 is 2.22 bits per heavy atom. The maximum absolute atomic E-state index is 11.0. The zero-order valence-electron chi connectivity index (χ0n) is 10.3. The van der Waals surface area contributed by atoms with E-state index < -0.39 is 11.9 Å². The zero-order chi connectivity index (χ0) is 13.1. The van der Waals surface area contributed by atoms with E-state index in [1.54, 1.807) is 0 Å². The monoisotopic (exact) mass is 247 g/mol. The second kappa shape index (κ2) is 5.10. The van der Waals surface area contributed by atoms with E-state index in [2.05, 4.69) is 0 Å². The standard InChI is InChI=1S/C13H17N3O2/c1-2-18-12-5-3-4-11-9(12)6-7-16(11)8-10(14)13(15)17/h3-7,10H,2,8,14H2,1H3,(H2,15,17). The summed E-state index contributed by atoms with van der Waals surface area (Å²) in [5, 5.41) is 1.01. The van der Waals surface area contributed by atoms with Gasteiger partial charge in [-0.3, -0.25) is 4.79 Å². The molecule has 0 aliphatic heterocycles. The van der Waals surface area contributed by atoms with E-state index in [1.807, 2.05) is 42.0 Å². The molecule has 0 bridgehead atoms. The average molecular weight is 247 g/mol. The maximum atomic E-state index is 11.0. The van der Waals surface area contributed by atoms with Crippen LogP contribution in [0.1, 0.15) is 6.92 Å². The van der Waals surface area contributed by atoms with Crippen molar-refractivity contribution in [2.75, 3.05) is 6.61 Å². The van der Waals surface area contributed by atoms with Gasteiger partial charge in [0.05, 0.1) is 12.1 Å². The van der Waals surface area contributed by atoms with E-state index in [-0.39, 0.29) is 0 Å². The fourth-order valence-corrected chi connectivity index (χ4v) is 1.94. The van der Waals surface area contributed by atoms with Crippen LogP contribution in [-0.4, -0.2) is 23.1 Å². The summed E-state index contributed by atoms with van der Waals surface area (Å²) in [5.74, 6) is 0.333. The highest BCUT2D eigenvalue weighted by Crippen LogP contribution is 2.26. The number of benzene rings is 1. The average Bonchev–Trinajstić information content (AvgIpc) is 2.74. The lowest BCUT2D eigenvalue weighted by Gasteiger charge is -2.11. The number of amides is 1. The smallest absolute Gasteiger partial charge is 0.236 e. The lowest BCUT2D eigenvalue weighted by Crippen LogP contribution is -2.39. The van der Waals surface area contributed by atoms with Gasteiger partial charge in [0.15, 0.2) is 0 Å². The fraction of sp³-hybridized carbons (Fsp3) is 0.308. The first kappa shape index (κ1) is 12.4. The number of carbonyl (C=O) groups excluding carboxylic acids is 1. The number of hydrogen-bond acceptors (Lipinski definition) is 3. The second-order valence-electron chi connectivity index (χ2n) is 4.10. The van der Waals surface area contributed by atoms with Crippen molar-refractivity contribution in [2.45, 2.75) is 19.5 Å². The van der Waals surface area contributed by atoms with Gasteiger partial charge in [0.25, 0.3) is 0 Å². The predicted octanol–water partition coefficient (Wildman–Crippen LogP) is 0.853. The van der Waals surface area contributed by atoms with Gasteiger partial charge in [0.2, 0.25) is 5.91 Å². The van der Waals surface area contributed by atoms with Crippen LogP contribution in [0.4, 0.5) is 0 Å². The predicted molar refractivity (Wildman–Crippen MR) is 70.3 cm³/mol. The number of primary amides is 1. The van der Waals surface area contributed by atoms with Crippen LogP contribution in [0.15, 0.2) is 30.5 Å². The summed E-state index contributed by atoms with van der Waals surface area (Å²) in [4.78, 5) is 11.0. The summed E-state index contributed by atoms with van der Waals surface area (Å²) in [5.41, 5.74) is 11.8. The summed E-state index contributed by atoms with van der Waals surface area (Å²) in [7, 11) is 0. The van der Waals surface area contributed by atoms with Crippen LogP contribution in [-0.2, 0) is 11.3 Å². The quantitative estimate of drug-likeness (QED) is 0.821. The van der Waals surface area contributed by atoms with E-state index in [4.69, 9.17) is 16.2 Å². The minimum Gasteiger partial charge on any atom is -0.493 e. The summed E-state index contributed by atoms with van der Waals surface area (Å²) in [6.45, 7) is 2.93. The third kappa shape index (κ3) is 2.31. The van der Waals surface area contributed by atoms with Gasteiger partial charge in [-0.25, -0.2) is 0 Å². The molecular formula is C13H17N3O2. The fourth-order valence-electron chi connectivity index (χ4n) is 1.94. The third-order valence-electron chi connectivity index (χ3n) is 2.83. The van der Waals surface area contributed by atoms with Crippen molar-refractivity contribution in [1.82, 2.24) is 4.57 Å². The molecule has 5 nitrogen and oxygen atoms in total. The molecule has 4 N–H and O–H groups in total. The largest absolute Gasteiger partial charge is 0.493 e. The highest BCUT2D eigenvalue weighted by molar-refractivity contribution is 5.87. The van der Waals surface area contributed by atoms with Crippen molar-refractivity contribution in [3.05, 3.63) is 30.5 Å². The van der Waals surface area contributed by atoms with Crippen LogP contribution in [0.5, 0.6) is 5.75 Å². The second-order valence-corrected chi connectivity index (χ2v) is 4.10. The lowest BCUT2D eigenvalue weighted by atomic mass is 10.2. The van der Waals surface area contributed by atoms with E-state index in [9.17, 15) is 4.79 Å². The molecule has 2 aromatic rings. The molecular weight excluding hydrogens is 230 g/mol. The number of ether oxygens (including phenoxy) is 1. The van der Waals surface area contributed by atoms with Crippen molar-refractivity contribution in [3.63, 3.8) is 0 Å². The molecule has 5 heteroatoms. The summed E-state index contributed by atoms with van der Waals surface area (Å²) < 4.78 is 7.46. The summed E-state index contributed by atoms with van der Waals surface area (Å²) >= 11 is 0. The Morgan fingerprint density at radius 1 is 1.44 bits per heavy atom. The number of aromatic nitrogens is 1. The van der Waals surface area contributed by atoms with Crippen LogP contribution < -0.4 is 16.2 Å². The number of carbonyl (C=O) groups is 1. The number of nitrogens with zero attached hydrogens (tertiary/aromatic N) is 1. The molecule has 0 spiro atoms. The first-order chi connectivity index (χ1) is 8.63. The van der Waals surface area contributed by atoms with E-state index in [1.165, 1.54) is 0 Å². The summed E-state index contributed by atoms with van der Waals surface area (Å²) in [6.07, 6.45) is 1.88. The Labute approximate surface area is 105 Å². The molecule has 96 valence electrons. The van der Waals surface area contributed by atoms with Crippen molar-refractivity contribution in [1.29, 1.82) is 0 Å². The Balaban J connectivity index is 2.36. The number of rotatable bonds is 5. The van der Waals surface area contributed by atoms with Gasteiger partial charge in [-0.15, -0.1) is 0 Å². The molecule has 0 fully saturated rings. The van der Waals surface area contributed by atoms with Gasteiger partial charge in [0.1, 0.15) is 11.8 Å². The summed E-state index contributed by atoms with van der Waals surface area (Å²) in [6, 6.07) is 7.07. The van der Waals surface area contributed by atoms with Crippen LogP contribution in [0.3, 0.4) is 0 Å². The molecule has 18 heavy (non-hydrogen) atoms. The normalized spacial score (nSPS) is 12.6. The highest BCUT2D eigenvalue weighted by Gasteiger charge is 2.12. The molecule has 1 aromatic heterocycles. The minimum absolute atomic E-state index is 0.369. The zero-order valence-corrected chi connectivity index (χ0v) is 10.3. The Morgan fingerprint density at radius 3 is 2.89 bits per heavy atom. The SMILES string of the molecule is CCOc1cccc2c1ccn2CC(N)C(N)=O. The van der Waals surface area contributed by atoms with Gasteiger partial charge in [-0.1, -0.05) is 6.07 Å². The maximum Gasteiger partial charge on any atom is 0.236 e. The van der Waals surface area contributed by atoms with Crippen LogP contribution >= 0.6 is 0 Å². The molecule has 0 saturated heterocycles. The molecule has 1 atom stereocenters. The minimum atomic E-state index is -0.684. The van der Waals surface area contributed by atoms with E-state index in [0.29, 0.717) is 13.2 Å². The van der Waals surface area contributed by atoms with Crippen LogP contribution in [0.25, 0.3) is 10.9 Å². The number of fused-ring (bicyclic) bond motifs is 1. The molecule has 0 radical (unpaired) electrons. The highest BCUT2D eigenvalue weighted by atomic mass is 16.5. The molecule has 2 rings (SSSR count). The Hall–Kier alpha value is -2.01. The molecule has 0 aliphatic carbocycles. The van der Waals surface area contributed by atoms with Gasteiger partial charge < -0.3 is 20.8 Å². The van der Waals surface area contributed by atoms with Gasteiger partial charge in [-0.2, -0.15) is 0 Å². The molecule has 0 aliphatic rings. The van der Waals surface area contributed by atoms with Gasteiger partial charge in [-0.05, 0) is 25.1 Å². The first-order valence-corrected chi connectivity index (χ1v) is 5.89. The van der Waals surface area contributed by atoms with Crippen molar-refractivity contribution < 1.29 is 9.53 Å². The topological polar surface area (TPSA) is 83.3 Å². The van der Waals surface area contributed by atoms with Crippen molar-refractivity contribution in [2.24, 2.45) is 11.5 Å². The molecule has 1 aromatic carbocycles. The van der Waals surface area contributed by atoms with E-state index in [0.717, 1.165) is 16.7 Å². The molecule has 1 heterocycles. The van der Waals surface area contributed by atoms with Gasteiger partial charge in [0, 0.05) is 18.1 Å². The Bertz CT molecular complexity index is 562. The molecule has 1 amide bonds. The first-order valence-electron chi connectivity index (χ1n) is 5.89. The van der Waals surface area contributed by atoms with Crippen LogP contribution in [0, 0.1) is 0 Å². The van der Waals surface area contributed by atoms with Crippen LogP contribution in [0.2, 0.25) is 0 Å². The van der Waals surface area contributed by atoms with E-state index >= 15 is 0 Å². The number of hydrogen-bond donors (Lipinski definition) is 2. The molecule has 1 unspecified atom stereocenters. The lowest BCUT2D eigenvalue weighted by molar-refractivity contribution is -0.119.